The molecule has 1 saturated heterocycles. The Kier molecular flexibility index (Phi) is 5.32. The average Bonchev–Trinajstić information content (AvgIpc) is 2.30. The monoisotopic (exact) mass is 287 g/mol. The number of hydrogen-bond donors (Lipinski definition) is 3. The van der Waals surface area contributed by atoms with Crippen LogP contribution in [0.4, 0.5) is 4.79 Å². The van der Waals surface area contributed by atoms with E-state index in [1.54, 1.807) is 4.90 Å². The number of morpholine rings is 1. The standard InChI is InChI=1S/C12H21N3O5/c1-8-6-15(7-12(2,3)20-8)11(19)14-4-9(16)13-5-10(17)18/h8H,4-7H2,1-3H3,(H,13,16)(H,14,19)(H,17,18). The molecule has 0 spiro atoms. The van der Waals surface area contributed by atoms with E-state index in [0.29, 0.717) is 13.1 Å². The molecule has 0 aromatic heterocycles. The van der Waals surface area contributed by atoms with Gasteiger partial charge >= 0.3 is 12.0 Å². The third-order valence-electron chi connectivity index (χ3n) is 2.69. The molecule has 0 bridgehead atoms. The molecule has 0 radical (unpaired) electrons. The first-order valence-electron chi connectivity index (χ1n) is 6.39. The smallest absolute Gasteiger partial charge is 0.322 e. The number of hydrogen-bond acceptors (Lipinski definition) is 4. The fraction of sp³-hybridized carbons (Fsp3) is 0.750. The van der Waals surface area contributed by atoms with Crippen molar-refractivity contribution >= 4 is 17.9 Å². The highest BCUT2D eigenvalue weighted by molar-refractivity contribution is 5.86. The molecule has 8 heteroatoms. The second kappa shape index (κ2) is 6.56. The predicted octanol–water partition coefficient (Wildman–Crippen LogP) is -0.604. The maximum absolute atomic E-state index is 11.9. The van der Waals surface area contributed by atoms with Crippen LogP contribution >= 0.6 is 0 Å². The van der Waals surface area contributed by atoms with Crippen LogP contribution < -0.4 is 10.6 Å². The van der Waals surface area contributed by atoms with Crippen LogP contribution in [0, 0.1) is 0 Å². The molecule has 1 aliphatic heterocycles. The maximum atomic E-state index is 11.9. The van der Waals surface area contributed by atoms with E-state index in [0.717, 1.165) is 0 Å². The Hall–Kier alpha value is -1.83. The number of carbonyl (C=O) groups excluding carboxylic acids is 2. The topological polar surface area (TPSA) is 108 Å². The molecule has 3 N–H and O–H groups in total. The molecule has 8 nitrogen and oxygen atoms in total. The van der Waals surface area contributed by atoms with Gasteiger partial charge in [-0.1, -0.05) is 0 Å². The summed E-state index contributed by atoms with van der Waals surface area (Å²) in [5, 5.41) is 13.0. The third-order valence-corrected chi connectivity index (χ3v) is 2.69. The highest BCUT2D eigenvalue weighted by Gasteiger charge is 2.33. The maximum Gasteiger partial charge on any atom is 0.322 e. The van der Waals surface area contributed by atoms with Crippen LogP contribution in [0.2, 0.25) is 0 Å². The summed E-state index contributed by atoms with van der Waals surface area (Å²) < 4.78 is 5.68. The van der Waals surface area contributed by atoms with Gasteiger partial charge in [0.05, 0.1) is 24.8 Å². The molecule has 1 rings (SSSR count). The number of carboxylic acids is 1. The quantitative estimate of drug-likeness (QED) is 0.639. The van der Waals surface area contributed by atoms with E-state index < -0.39 is 24.0 Å². The van der Waals surface area contributed by atoms with Crippen molar-refractivity contribution in [3.8, 4) is 0 Å². The number of rotatable bonds is 4. The summed E-state index contributed by atoms with van der Waals surface area (Å²) in [5.41, 5.74) is -0.430. The summed E-state index contributed by atoms with van der Waals surface area (Å²) in [7, 11) is 0. The summed E-state index contributed by atoms with van der Waals surface area (Å²) in [6.07, 6.45) is -0.0784. The minimum Gasteiger partial charge on any atom is -0.480 e. The number of carboxylic acid groups (broad SMARTS) is 1. The lowest BCUT2D eigenvalue weighted by molar-refractivity contribution is -0.137. The Morgan fingerprint density at radius 1 is 1.30 bits per heavy atom. The van der Waals surface area contributed by atoms with Crippen molar-refractivity contribution < 1.29 is 24.2 Å². The summed E-state index contributed by atoms with van der Waals surface area (Å²) in [5.74, 6) is -1.67. The molecule has 1 atom stereocenters. The van der Waals surface area contributed by atoms with Crippen LogP contribution in [0.3, 0.4) is 0 Å². The summed E-state index contributed by atoms with van der Waals surface area (Å²) in [6, 6.07) is -0.362. The van der Waals surface area contributed by atoms with Gasteiger partial charge in [-0.2, -0.15) is 0 Å². The molecule has 1 heterocycles. The minimum absolute atomic E-state index is 0.0784. The normalized spacial score (nSPS) is 21.1. The van der Waals surface area contributed by atoms with E-state index in [1.807, 2.05) is 20.8 Å². The van der Waals surface area contributed by atoms with Crippen molar-refractivity contribution in [1.82, 2.24) is 15.5 Å². The molecule has 1 unspecified atom stereocenters. The van der Waals surface area contributed by atoms with Gasteiger partial charge < -0.3 is 25.4 Å². The molecule has 1 fully saturated rings. The van der Waals surface area contributed by atoms with Gasteiger partial charge in [0, 0.05) is 6.54 Å². The van der Waals surface area contributed by atoms with Gasteiger partial charge in [-0.3, -0.25) is 9.59 Å². The minimum atomic E-state index is -1.13. The van der Waals surface area contributed by atoms with Crippen molar-refractivity contribution in [2.24, 2.45) is 0 Å². The van der Waals surface area contributed by atoms with Gasteiger partial charge in [0.25, 0.3) is 0 Å². The molecule has 3 amide bonds. The summed E-state index contributed by atoms with van der Waals surface area (Å²) in [4.78, 5) is 35.1. The van der Waals surface area contributed by atoms with E-state index in [9.17, 15) is 14.4 Å². The van der Waals surface area contributed by atoms with Crippen molar-refractivity contribution in [2.75, 3.05) is 26.2 Å². The van der Waals surface area contributed by atoms with Gasteiger partial charge in [-0.15, -0.1) is 0 Å². The highest BCUT2D eigenvalue weighted by Crippen LogP contribution is 2.20. The first kappa shape index (κ1) is 16.2. The lowest BCUT2D eigenvalue weighted by Gasteiger charge is -2.41. The van der Waals surface area contributed by atoms with Crippen molar-refractivity contribution in [1.29, 1.82) is 0 Å². The molecular formula is C12H21N3O5. The molecule has 0 saturated carbocycles. The van der Waals surface area contributed by atoms with Crippen LogP contribution in [0.5, 0.6) is 0 Å². The first-order valence-corrected chi connectivity index (χ1v) is 6.39. The van der Waals surface area contributed by atoms with Crippen LogP contribution in [0.15, 0.2) is 0 Å². The second-order valence-electron chi connectivity index (χ2n) is 5.40. The molecule has 0 aliphatic carbocycles. The Morgan fingerprint density at radius 2 is 1.95 bits per heavy atom. The van der Waals surface area contributed by atoms with Crippen LogP contribution in [-0.2, 0) is 14.3 Å². The van der Waals surface area contributed by atoms with Crippen LogP contribution in [0.1, 0.15) is 20.8 Å². The zero-order valence-corrected chi connectivity index (χ0v) is 11.9. The third kappa shape index (κ3) is 5.43. The Balaban J connectivity index is 2.39. The SMILES string of the molecule is CC1CN(C(=O)NCC(=O)NCC(=O)O)CC(C)(C)O1. The largest absolute Gasteiger partial charge is 0.480 e. The van der Waals surface area contributed by atoms with E-state index in [-0.39, 0.29) is 18.7 Å². The Labute approximate surface area is 117 Å². The zero-order chi connectivity index (χ0) is 15.3. The van der Waals surface area contributed by atoms with Gasteiger partial charge in [-0.05, 0) is 20.8 Å². The number of ether oxygens (including phenoxy) is 1. The van der Waals surface area contributed by atoms with Gasteiger partial charge in [0.2, 0.25) is 5.91 Å². The number of aliphatic carboxylic acids is 1. The zero-order valence-electron chi connectivity index (χ0n) is 11.9. The van der Waals surface area contributed by atoms with Crippen molar-refractivity contribution in [2.45, 2.75) is 32.5 Å². The van der Waals surface area contributed by atoms with E-state index in [4.69, 9.17) is 9.84 Å². The molecule has 0 aromatic rings. The lowest BCUT2D eigenvalue weighted by Crippen LogP contribution is -2.57. The molecule has 20 heavy (non-hydrogen) atoms. The number of nitrogens with one attached hydrogen (secondary N) is 2. The summed E-state index contributed by atoms with van der Waals surface area (Å²) >= 11 is 0. The Bertz CT molecular complexity index is 397. The second-order valence-corrected chi connectivity index (χ2v) is 5.40. The highest BCUT2D eigenvalue weighted by atomic mass is 16.5. The molecule has 114 valence electrons. The average molecular weight is 287 g/mol. The van der Waals surface area contributed by atoms with Crippen LogP contribution in [-0.4, -0.2) is 65.8 Å². The summed E-state index contributed by atoms with van der Waals surface area (Å²) in [6.45, 7) is 5.83. The number of amides is 3. The fourth-order valence-electron chi connectivity index (χ4n) is 2.11. The van der Waals surface area contributed by atoms with Gasteiger partial charge in [0.1, 0.15) is 6.54 Å². The first-order chi connectivity index (χ1) is 9.19. The van der Waals surface area contributed by atoms with Crippen molar-refractivity contribution in [3.05, 3.63) is 0 Å². The van der Waals surface area contributed by atoms with Crippen molar-refractivity contribution in [3.63, 3.8) is 0 Å². The predicted molar refractivity (Wildman–Crippen MR) is 70.2 cm³/mol. The Morgan fingerprint density at radius 3 is 2.50 bits per heavy atom. The van der Waals surface area contributed by atoms with Gasteiger partial charge in [0.15, 0.2) is 0 Å². The van der Waals surface area contributed by atoms with Gasteiger partial charge in [-0.25, -0.2) is 4.79 Å². The fourth-order valence-corrected chi connectivity index (χ4v) is 2.11. The molecular weight excluding hydrogens is 266 g/mol. The molecule has 0 aromatic carbocycles. The van der Waals surface area contributed by atoms with Crippen LogP contribution in [0.25, 0.3) is 0 Å². The molecule has 1 aliphatic rings. The van der Waals surface area contributed by atoms with E-state index >= 15 is 0 Å². The number of carbonyl (C=O) groups is 3. The van der Waals surface area contributed by atoms with E-state index in [1.165, 1.54) is 0 Å². The van der Waals surface area contributed by atoms with E-state index in [2.05, 4.69) is 10.6 Å². The number of nitrogens with zero attached hydrogens (tertiary/aromatic N) is 1. The number of urea groups is 1. The lowest BCUT2D eigenvalue weighted by atomic mass is 10.1.